The van der Waals surface area contributed by atoms with Gasteiger partial charge in [-0.1, -0.05) is 24.2 Å². The van der Waals surface area contributed by atoms with Crippen LogP contribution < -0.4 is 5.73 Å². The highest BCUT2D eigenvalue weighted by Gasteiger charge is 2.39. The van der Waals surface area contributed by atoms with Crippen LogP contribution in [0.25, 0.3) is 0 Å². The lowest BCUT2D eigenvalue weighted by molar-refractivity contribution is -0.137. The van der Waals surface area contributed by atoms with Crippen LogP contribution in [0.5, 0.6) is 0 Å². The van der Waals surface area contributed by atoms with Crippen molar-refractivity contribution < 1.29 is 17.7 Å². The van der Waals surface area contributed by atoms with Gasteiger partial charge in [-0.3, -0.25) is 0 Å². The molecule has 1 aromatic heterocycles. The number of nitrogens with two attached hydrogens (primary N) is 1. The van der Waals surface area contributed by atoms with Gasteiger partial charge in [-0.25, -0.2) is 0 Å². The number of hydrogen-bond donors (Lipinski definition) is 1. The van der Waals surface area contributed by atoms with Gasteiger partial charge in [0, 0.05) is 5.92 Å². The maximum atomic E-state index is 12.6. The van der Waals surface area contributed by atoms with Crippen molar-refractivity contribution in [1.82, 2.24) is 10.1 Å². The maximum absolute atomic E-state index is 12.6. The molecule has 7 heteroatoms. The van der Waals surface area contributed by atoms with E-state index in [0.29, 0.717) is 18.1 Å². The van der Waals surface area contributed by atoms with Crippen LogP contribution in [0.4, 0.5) is 13.2 Å². The zero-order valence-electron chi connectivity index (χ0n) is 12.7. The fraction of sp³-hybridized carbons (Fsp3) is 0.500. The summed E-state index contributed by atoms with van der Waals surface area (Å²) in [6, 6.07) is 5.13. The summed E-state index contributed by atoms with van der Waals surface area (Å²) in [5, 5.41) is 3.96. The van der Waals surface area contributed by atoms with Gasteiger partial charge in [-0.2, -0.15) is 18.2 Å². The Hall–Kier alpha value is -1.89. The number of benzene rings is 1. The molecule has 1 aliphatic carbocycles. The molecular weight excluding hydrogens is 307 g/mol. The molecule has 0 spiro atoms. The van der Waals surface area contributed by atoms with E-state index in [1.807, 2.05) is 6.92 Å². The molecule has 0 saturated heterocycles. The van der Waals surface area contributed by atoms with Gasteiger partial charge in [0.1, 0.15) is 0 Å². The lowest BCUT2D eigenvalue weighted by Crippen LogP contribution is -2.44. The van der Waals surface area contributed by atoms with Crippen molar-refractivity contribution in [3.63, 3.8) is 0 Å². The molecule has 1 aliphatic rings. The molecule has 0 amide bonds. The summed E-state index contributed by atoms with van der Waals surface area (Å²) < 4.78 is 42.9. The highest BCUT2D eigenvalue weighted by atomic mass is 19.4. The molecule has 1 aromatic carbocycles. The van der Waals surface area contributed by atoms with E-state index >= 15 is 0 Å². The first-order chi connectivity index (χ1) is 10.8. The van der Waals surface area contributed by atoms with Gasteiger partial charge in [-0.05, 0) is 43.4 Å². The van der Waals surface area contributed by atoms with Gasteiger partial charge in [0.25, 0.3) is 0 Å². The minimum absolute atomic E-state index is 0.0864. The van der Waals surface area contributed by atoms with Crippen LogP contribution >= 0.6 is 0 Å². The summed E-state index contributed by atoms with van der Waals surface area (Å²) in [4.78, 5) is 4.37. The Kier molecular flexibility index (Phi) is 3.91. The summed E-state index contributed by atoms with van der Waals surface area (Å²) in [5.41, 5.74) is 5.82. The molecule has 4 nitrogen and oxygen atoms in total. The van der Waals surface area contributed by atoms with Gasteiger partial charge in [-0.15, -0.1) is 0 Å². The van der Waals surface area contributed by atoms with E-state index in [2.05, 4.69) is 10.1 Å². The second-order valence-electron chi connectivity index (χ2n) is 6.27. The van der Waals surface area contributed by atoms with Gasteiger partial charge in [0.05, 0.1) is 11.1 Å². The molecule has 2 N–H and O–H groups in total. The molecular formula is C16H18F3N3O. The van der Waals surface area contributed by atoms with Crippen LogP contribution in [0, 0.1) is 0 Å². The molecule has 1 heterocycles. The maximum Gasteiger partial charge on any atom is 0.416 e. The third-order valence-corrected chi connectivity index (χ3v) is 4.38. The fourth-order valence-corrected chi connectivity index (χ4v) is 2.69. The van der Waals surface area contributed by atoms with Crippen molar-refractivity contribution >= 4 is 0 Å². The number of aromatic nitrogens is 2. The Morgan fingerprint density at radius 1 is 1.26 bits per heavy atom. The molecule has 0 bridgehead atoms. The van der Waals surface area contributed by atoms with E-state index in [1.165, 1.54) is 12.1 Å². The van der Waals surface area contributed by atoms with E-state index in [4.69, 9.17) is 10.3 Å². The lowest BCUT2D eigenvalue weighted by atomic mass is 9.77. The Balaban J connectivity index is 1.68. The Labute approximate surface area is 131 Å². The van der Waals surface area contributed by atoms with Crippen LogP contribution in [0.15, 0.2) is 28.8 Å². The van der Waals surface area contributed by atoms with Gasteiger partial charge in [0.2, 0.25) is 5.89 Å². The summed E-state index contributed by atoms with van der Waals surface area (Å²) in [6.45, 7) is 1.90. The number of halogens is 3. The molecule has 1 unspecified atom stereocenters. The van der Waals surface area contributed by atoms with Crippen LogP contribution in [0.2, 0.25) is 0 Å². The average Bonchev–Trinajstić information content (AvgIpc) is 2.94. The second kappa shape index (κ2) is 5.63. The highest BCUT2D eigenvalue weighted by Crippen LogP contribution is 2.37. The zero-order valence-corrected chi connectivity index (χ0v) is 12.7. The van der Waals surface area contributed by atoms with Crippen molar-refractivity contribution in [1.29, 1.82) is 0 Å². The van der Waals surface area contributed by atoms with Crippen LogP contribution in [-0.4, -0.2) is 10.1 Å². The Morgan fingerprint density at radius 2 is 1.91 bits per heavy atom. The molecule has 0 radical (unpaired) electrons. The minimum atomic E-state index is -4.32. The zero-order chi connectivity index (χ0) is 16.7. The van der Waals surface area contributed by atoms with Crippen LogP contribution in [0.1, 0.15) is 54.9 Å². The molecule has 124 valence electrons. The number of hydrogen-bond acceptors (Lipinski definition) is 4. The fourth-order valence-electron chi connectivity index (χ4n) is 2.69. The van der Waals surface area contributed by atoms with Gasteiger partial charge in [0.15, 0.2) is 5.82 Å². The molecule has 2 aromatic rings. The van der Waals surface area contributed by atoms with Crippen LogP contribution in [-0.2, 0) is 18.1 Å². The predicted octanol–water partition coefficient (Wildman–Crippen LogP) is 3.77. The summed E-state index contributed by atoms with van der Waals surface area (Å²) in [6.07, 6.45) is -1.04. The second-order valence-corrected chi connectivity index (χ2v) is 6.27. The van der Waals surface area contributed by atoms with E-state index in [-0.39, 0.29) is 5.92 Å². The van der Waals surface area contributed by atoms with E-state index in [9.17, 15) is 13.2 Å². The first-order valence-corrected chi connectivity index (χ1v) is 7.57. The quantitative estimate of drug-likeness (QED) is 0.929. The third-order valence-electron chi connectivity index (χ3n) is 4.38. The lowest BCUT2D eigenvalue weighted by Gasteiger charge is -2.34. The summed E-state index contributed by atoms with van der Waals surface area (Å²) >= 11 is 0. The molecule has 1 fully saturated rings. The first kappa shape index (κ1) is 16.0. The molecule has 3 rings (SSSR count). The largest absolute Gasteiger partial charge is 0.416 e. The summed E-state index contributed by atoms with van der Waals surface area (Å²) in [7, 11) is 0. The van der Waals surface area contributed by atoms with Crippen molar-refractivity contribution in [3.8, 4) is 0 Å². The molecule has 1 saturated carbocycles. The highest BCUT2D eigenvalue weighted by molar-refractivity contribution is 5.25. The van der Waals surface area contributed by atoms with Gasteiger partial charge < -0.3 is 10.3 Å². The summed E-state index contributed by atoms with van der Waals surface area (Å²) in [5.74, 6) is 0.909. The van der Waals surface area contributed by atoms with E-state index in [0.717, 1.165) is 37.0 Å². The molecule has 0 aliphatic heterocycles. The van der Waals surface area contributed by atoms with Crippen molar-refractivity contribution in [2.75, 3.05) is 0 Å². The topological polar surface area (TPSA) is 64.9 Å². The predicted molar refractivity (Wildman–Crippen MR) is 77.6 cm³/mol. The molecule has 1 atom stereocenters. The monoisotopic (exact) mass is 325 g/mol. The SMILES string of the molecule is CC(Cc1ccc(C(F)(F)F)cc1)c1nc(C2(N)CCC2)no1. The number of nitrogens with zero attached hydrogens (tertiary/aromatic N) is 2. The number of rotatable bonds is 4. The smallest absolute Gasteiger partial charge is 0.339 e. The van der Waals surface area contributed by atoms with Crippen LogP contribution in [0.3, 0.4) is 0 Å². The normalized spacial score (nSPS) is 18.5. The standard InChI is InChI=1S/C16H18F3N3O/c1-10(9-11-3-5-12(6-4-11)16(17,18)19)13-21-14(22-23-13)15(20)7-2-8-15/h3-6,10H,2,7-9,20H2,1H3. The average molecular weight is 325 g/mol. The first-order valence-electron chi connectivity index (χ1n) is 7.57. The van der Waals surface area contributed by atoms with Crippen molar-refractivity contribution in [2.45, 2.75) is 50.2 Å². The number of alkyl halides is 3. The minimum Gasteiger partial charge on any atom is -0.339 e. The molecule has 23 heavy (non-hydrogen) atoms. The Morgan fingerprint density at radius 3 is 2.43 bits per heavy atom. The Bertz CT molecular complexity index is 675. The van der Waals surface area contributed by atoms with E-state index in [1.54, 1.807) is 0 Å². The van der Waals surface area contributed by atoms with E-state index < -0.39 is 17.3 Å². The van der Waals surface area contributed by atoms with Crippen molar-refractivity contribution in [2.24, 2.45) is 5.73 Å². The van der Waals surface area contributed by atoms with Gasteiger partial charge >= 0.3 is 6.18 Å². The van der Waals surface area contributed by atoms with Crippen molar-refractivity contribution in [3.05, 3.63) is 47.1 Å². The third kappa shape index (κ3) is 3.24.